The van der Waals surface area contributed by atoms with E-state index < -0.39 is 0 Å². The minimum Gasteiger partial charge on any atom is -0.396 e. The first kappa shape index (κ1) is 15.6. The predicted molar refractivity (Wildman–Crippen MR) is 91.9 cm³/mol. The molecule has 0 aromatic heterocycles. The Morgan fingerprint density at radius 2 is 2.13 bits per heavy atom. The first-order valence-corrected chi connectivity index (χ1v) is 9.70. The summed E-state index contributed by atoms with van der Waals surface area (Å²) >= 11 is 0. The van der Waals surface area contributed by atoms with Crippen molar-refractivity contribution in [2.45, 2.75) is 71.1 Å². The quantitative estimate of drug-likeness (QED) is 0.828. The summed E-state index contributed by atoms with van der Waals surface area (Å²) in [6, 6.07) is 0. The van der Waals surface area contributed by atoms with E-state index in [1.165, 1.54) is 44.1 Å². The fraction of sp³-hybridized carbons (Fsp3) is 0.762. The highest BCUT2D eigenvalue weighted by atomic mass is 16.2. The van der Waals surface area contributed by atoms with Gasteiger partial charge in [-0.1, -0.05) is 18.9 Å². The number of allylic oxidation sites excluding steroid dienone is 4. The van der Waals surface area contributed by atoms with Gasteiger partial charge < -0.3 is 5.11 Å². The molecule has 4 aliphatic carbocycles. The van der Waals surface area contributed by atoms with Gasteiger partial charge in [-0.3, -0.25) is 4.79 Å². The van der Waals surface area contributed by atoms with Gasteiger partial charge in [0.25, 0.3) is 0 Å². The van der Waals surface area contributed by atoms with Gasteiger partial charge in [0.15, 0.2) is 5.78 Å². The van der Waals surface area contributed by atoms with Crippen LogP contribution in [0.15, 0.2) is 22.8 Å². The van der Waals surface area contributed by atoms with E-state index >= 15 is 0 Å². The molecule has 0 amide bonds. The number of fused-ring (bicyclic) bond motifs is 4. The van der Waals surface area contributed by atoms with E-state index in [9.17, 15) is 9.90 Å². The molecular weight excluding hydrogens is 284 g/mol. The number of hydrogen-bond acceptors (Lipinski definition) is 2. The summed E-state index contributed by atoms with van der Waals surface area (Å²) in [6.45, 7) is 2.78. The SMILES string of the molecule is C[C@]12CCC[C@H]1[C@@H]1CCC3=CC(=O)CC(CCCO)C3=C1CC2. The second-order valence-corrected chi connectivity index (χ2v) is 8.64. The minimum atomic E-state index is 0.247. The van der Waals surface area contributed by atoms with Crippen molar-refractivity contribution in [3.05, 3.63) is 22.8 Å². The summed E-state index contributed by atoms with van der Waals surface area (Å²) < 4.78 is 0. The van der Waals surface area contributed by atoms with E-state index in [1.54, 1.807) is 11.1 Å². The average molecular weight is 314 g/mol. The molecule has 0 spiro atoms. The summed E-state index contributed by atoms with van der Waals surface area (Å²) in [6.07, 6.45) is 13.7. The number of ketones is 1. The Bertz CT molecular complexity index is 570. The molecule has 0 saturated heterocycles. The van der Waals surface area contributed by atoms with Crippen molar-refractivity contribution in [1.82, 2.24) is 0 Å². The fourth-order valence-corrected chi connectivity index (χ4v) is 6.32. The topological polar surface area (TPSA) is 37.3 Å². The monoisotopic (exact) mass is 314 g/mol. The van der Waals surface area contributed by atoms with Crippen molar-refractivity contribution in [3.8, 4) is 0 Å². The van der Waals surface area contributed by atoms with Crippen LogP contribution in [0.2, 0.25) is 0 Å². The number of hydrogen-bond donors (Lipinski definition) is 1. The van der Waals surface area contributed by atoms with Gasteiger partial charge in [-0.25, -0.2) is 0 Å². The third kappa shape index (κ3) is 2.54. The normalized spacial score (nSPS) is 39.7. The Morgan fingerprint density at radius 1 is 1.26 bits per heavy atom. The van der Waals surface area contributed by atoms with Crippen molar-refractivity contribution < 1.29 is 9.90 Å². The van der Waals surface area contributed by atoms with Crippen molar-refractivity contribution in [3.63, 3.8) is 0 Å². The fourth-order valence-electron chi connectivity index (χ4n) is 6.32. The third-order valence-corrected chi connectivity index (χ3v) is 7.38. The molecule has 1 N–H and O–H groups in total. The first-order chi connectivity index (χ1) is 11.1. The largest absolute Gasteiger partial charge is 0.396 e. The van der Waals surface area contributed by atoms with Gasteiger partial charge in [0.2, 0.25) is 0 Å². The number of carbonyl (C=O) groups is 1. The Balaban J connectivity index is 1.72. The van der Waals surface area contributed by atoms with Crippen molar-refractivity contribution in [2.24, 2.45) is 23.2 Å². The highest BCUT2D eigenvalue weighted by molar-refractivity contribution is 5.93. The Hall–Kier alpha value is -0.890. The lowest BCUT2D eigenvalue weighted by atomic mass is 9.57. The highest BCUT2D eigenvalue weighted by Crippen LogP contribution is 2.60. The van der Waals surface area contributed by atoms with Gasteiger partial charge in [0.1, 0.15) is 0 Å². The molecular formula is C21H30O2. The molecule has 0 radical (unpaired) electrons. The Kier molecular flexibility index (Phi) is 3.99. The number of carbonyl (C=O) groups excluding carboxylic acids is 1. The molecule has 2 fully saturated rings. The van der Waals surface area contributed by atoms with Gasteiger partial charge in [-0.15, -0.1) is 0 Å². The van der Waals surface area contributed by atoms with Gasteiger partial charge in [0, 0.05) is 13.0 Å². The lowest BCUT2D eigenvalue weighted by Crippen LogP contribution is -2.38. The van der Waals surface area contributed by atoms with Crippen LogP contribution in [0.4, 0.5) is 0 Å². The van der Waals surface area contributed by atoms with E-state index in [0.717, 1.165) is 31.1 Å². The lowest BCUT2D eigenvalue weighted by molar-refractivity contribution is -0.115. The molecule has 2 nitrogen and oxygen atoms in total. The smallest absolute Gasteiger partial charge is 0.156 e. The number of aliphatic hydroxyl groups excluding tert-OH is 1. The summed E-state index contributed by atoms with van der Waals surface area (Å²) in [5.74, 6) is 2.37. The van der Waals surface area contributed by atoms with E-state index in [-0.39, 0.29) is 6.61 Å². The molecule has 0 aliphatic heterocycles. The number of rotatable bonds is 3. The minimum absolute atomic E-state index is 0.247. The van der Waals surface area contributed by atoms with Crippen LogP contribution >= 0.6 is 0 Å². The molecule has 4 rings (SSSR count). The maximum Gasteiger partial charge on any atom is 0.156 e. The lowest BCUT2D eigenvalue weighted by Gasteiger charge is -2.48. The average Bonchev–Trinajstić information content (AvgIpc) is 2.93. The summed E-state index contributed by atoms with van der Waals surface area (Å²) in [7, 11) is 0. The standard InChI is InChI=1S/C21H30O2/c1-21-9-2-5-19(21)17-7-6-15-13-16(23)12-14(4-3-11-22)20(15)18(17)8-10-21/h13-14,17,19,22H,2-12H2,1H3/t14?,17-,19+,21-/m1/s1. The second-order valence-electron chi connectivity index (χ2n) is 8.64. The third-order valence-electron chi connectivity index (χ3n) is 7.38. The molecule has 1 unspecified atom stereocenters. The van der Waals surface area contributed by atoms with Crippen LogP contribution in [0.1, 0.15) is 71.1 Å². The maximum atomic E-state index is 12.1. The molecule has 0 heterocycles. The maximum absolute atomic E-state index is 12.1. The zero-order valence-electron chi connectivity index (χ0n) is 14.4. The van der Waals surface area contributed by atoms with E-state index in [4.69, 9.17) is 0 Å². The predicted octanol–water partition coefficient (Wildman–Crippen LogP) is 4.58. The Labute approximate surface area is 140 Å². The first-order valence-electron chi connectivity index (χ1n) is 9.70. The molecule has 0 aromatic rings. The molecule has 4 atom stereocenters. The van der Waals surface area contributed by atoms with Gasteiger partial charge in [-0.05, 0) is 91.8 Å². The summed E-state index contributed by atoms with van der Waals surface area (Å²) in [4.78, 5) is 12.1. The molecule has 23 heavy (non-hydrogen) atoms. The van der Waals surface area contributed by atoms with Crippen LogP contribution < -0.4 is 0 Å². The van der Waals surface area contributed by atoms with Crippen molar-refractivity contribution in [2.75, 3.05) is 6.61 Å². The van der Waals surface area contributed by atoms with Crippen LogP contribution in [0, 0.1) is 23.2 Å². The summed E-state index contributed by atoms with van der Waals surface area (Å²) in [5, 5.41) is 9.23. The molecule has 0 aromatic carbocycles. The highest BCUT2D eigenvalue weighted by Gasteiger charge is 2.49. The van der Waals surface area contributed by atoms with Crippen LogP contribution in [0.3, 0.4) is 0 Å². The molecule has 2 saturated carbocycles. The number of aliphatic hydroxyl groups is 1. The van der Waals surface area contributed by atoms with Gasteiger partial charge in [0.05, 0.1) is 0 Å². The van der Waals surface area contributed by atoms with Crippen LogP contribution in [-0.2, 0) is 4.79 Å². The molecule has 4 aliphatic rings. The zero-order chi connectivity index (χ0) is 16.0. The van der Waals surface area contributed by atoms with Crippen LogP contribution in [0.5, 0.6) is 0 Å². The van der Waals surface area contributed by atoms with E-state index in [0.29, 0.717) is 23.5 Å². The van der Waals surface area contributed by atoms with Crippen molar-refractivity contribution >= 4 is 5.78 Å². The zero-order valence-corrected chi connectivity index (χ0v) is 14.4. The molecule has 2 heteroatoms. The van der Waals surface area contributed by atoms with Crippen molar-refractivity contribution in [1.29, 1.82) is 0 Å². The van der Waals surface area contributed by atoms with Gasteiger partial charge in [-0.2, -0.15) is 0 Å². The molecule has 126 valence electrons. The summed E-state index contributed by atoms with van der Waals surface area (Å²) in [5.41, 5.74) is 5.24. The van der Waals surface area contributed by atoms with E-state index in [1.807, 2.05) is 6.08 Å². The Morgan fingerprint density at radius 3 is 2.96 bits per heavy atom. The van der Waals surface area contributed by atoms with Crippen LogP contribution in [-0.4, -0.2) is 17.5 Å². The van der Waals surface area contributed by atoms with E-state index in [2.05, 4.69) is 6.92 Å². The van der Waals surface area contributed by atoms with Crippen LogP contribution in [0.25, 0.3) is 0 Å². The molecule has 0 bridgehead atoms. The second kappa shape index (κ2) is 5.88. The van der Waals surface area contributed by atoms with Gasteiger partial charge >= 0.3 is 0 Å².